The van der Waals surface area contributed by atoms with E-state index in [1.807, 2.05) is 31.2 Å². The van der Waals surface area contributed by atoms with Crippen molar-refractivity contribution in [2.45, 2.75) is 18.7 Å². The standard InChI is InChI=1S/C20H22O4S/c1-14-5-7-16(8-6-14)18(12-21)19(13-24-3)17-9-10-20(15(2)11-17)25(4,22)23/h5-12H,13H2,1-4H3/b19-18-. The number of carbonyl (C=O) groups excluding carboxylic acids is 1. The first-order chi connectivity index (χ1) is 11.8. The average molecular weight is 358 g/mol. The van der Waals surface area contributed by atoms with Crippen molar-refractivity contribution >= 4 is 27.3 Å². The molecule has 0 fully saturated rings. The van der Waals surface area contributed by atoms with Crippen LogP contribution in [0.5, 0.6) is 0 Å². The van der Waals surface area contributed by atoms with E-state index in [1.54, 1.807) is 32.2 Å². The van der Waals surface area contributed by atoms with Crippen LogP contribution in [0.3, 0.4) is 0 Å². The zero-order chi connectivity index (χ0) is 18.6. The van der Waals surface area contributed by atoms with Crippen LogP contribution in [0.4, 0.5) is 0 Å². The third-order valence-electron chi connectivity index (χ3n) is 4.02. The maximum Gasteiger partial charge on any atom is 0.175 e. The number of allylic oxidation sites excluding steroid dienone is 1. The average Bonchev–Trinajstić information content (AvgIpc) is 2.55. The van der Waals surface area contributed by atoms with Gasteiger partial charge in [0.05, 0.1) is 11.5 Å². The van der Waals surface area contributed by atoms with E-state index in [1.165, 1.54) is 6.26 Å². The molecule has 0 N–H and O–H groups in total. The lowest BCUT2D eigenvalue weighted by molar-refractivity contribution is -0.103. The van der Waals surface area contributed by atoms with Crippen LogP contribution in [-0.4, -0.2) is 34.7 Å². The highest BCUT2D eigenvalue weighted by Crippen LogP contribution is 2.28. The Morgan fingerprint density at radius 1 is 1.04 bits per heavy atom. The number of hydrogen-bond acceptors (Lipinski definition) is 4. The molecule has 132 valence electrons. The molecule has 2 rings (SSSR count). The van der Waals surface area contributed by atoms with E-state index in [9.17, 15) is 13.2 Å². The summed E-state index contributed by atoms with van der Waals surface area (Å²) in [5.74, 6) is 0. The largest absolute Gasteiger partial charge is 0.380 e. The van der Waals surface area contributed by atoms with Gasteiger partial charge < -0.3 is 4.74 Å². The topological polar surface area (TPSA) is 60.4 Å². The number of sulfone groups is 1. The number of carbonyl (C=O) groups is 1. The fourth-order valence-corrected chi connectivity index (χ4v) is 3.72. The molecule has 0 saturated heterocycles. The Morgan fingerprint density at radius 3 is 2.12 bits per heavy atom. The SMILES string of the molecule is COC/C(=C(\C=O)c1ccc(C)cc1)c1ccc(S(C)(=O)=O)c(C)c1. The molecule has 4 nitrogen and oxygen atoms in total. The molecular formula is C20H22O4S. The van der Waals surface area contributed by atoms with Gasteiger partial charge in [0.2, 0.25) is 0 Å². The lowest BCUT2D eigenvalue weighted by Crippen LogP contribution is -2.04. The van der Waals surface area contributed by atoms with Crippen molar-refractivity contribution in [2.75, 3.05) is 20.0 Å². The van der Waals surface area contributed by atoms with Crippen molar-refractivity contribution in [1.82, 2.24) is 0 Å². The summed E-state index contributed by atoms with van der Waals surface area (Å²) in [4.78, 5) is 12.1. The fraction of sp³-hybridized carbons (Fsp3) is 0.250. The molecule has 0 saturated carbocycles. The molecule has 0 aromatic heterocycles. The smallest absolute Gasteiger partial charge is 0.175 e. The molecule has 0 heterocycles. The Labute approximate surface area is 149 Å². The van der Waals surface area contributed by atoms with Gasteiger partial charge in [0.1, 0.15) is 0 Å². The van der Waals surface area contributed by atoms with Gasteiger partial charge >= 0.3 is 0 Å². The van der Waals surface area contributed by atoms with E-state index in [0.29, 0.717) is 11.1 Å². The Morgan fingerprint density at radius 2 is 1.64 bits per heavy atom. The zero-order valence-electron chi connectivity index (χ0n) is 14.9. The van der Waals surface area contributed by atoms with E-state index in [0.717, 1.165) is 28.5 Å². The molecule has 0 aliphatic carbocycles. The molecule has 2 aromatic rings. The minimum atomic E-state index is -3.29. The van der Waals surface area contributed by atoms with E-state index >= 15 is 0 Å². The molecule has 0 bridgehead atoms. The van der Waals surface area contributed by atoms with Gasteiger partial charge in [-0.15, -0.1) is 0 Å². The maximum absolute atomic E-state index is 11.8. The van der Waals surface area contributed by atoms with Crippen molar-refractivity contribution in [3.05, 3.63) is 64.7 Å². The van der Waals surface area contributed by atoms with E-state index in [2.05, 4.69) is 0 Å². The highest BCUT2D eigenvalue weighted by Gasteiger charge is 2.15. The number of rotatable bonds is 6. The third kappa shape index (κ3) is 4.44. The van der Waals surface area contributed by atoms with Crippen LogP contribution in [0, 0.1) is 13.8 Å². The Kier molecular flexibility index (Phi) is 5.93. The summed E-state index contributed by atoms with van der Waals surface area (Å²) in [5, 5.41) is 0. The van der Waals surface area contributed by atoms with E-state index in [4.69, 9.17) is 4.74 Å². The summed E-state index contributed by atoms with van der Waals surface area (Å²) in [7, 11) is -1.72. The number of hydrogen-bond donors (Lipinski definition) is 0. The summed E-state index contributed by atoms with van der Waals surface area (Å²) >= 11 is 0. The second-order valence-electron chi connectivity index (χ2n) is 6.06. The van der Waals surface area contributed by atoms with Crippen LogP contribution in [0.15, 0.2) is 47.4 Å². The Hall–Kier alpha value is -2.24. The van der Waals surface area contributed by atoms with Gasteiger partial charge in [0, 0.05) is 18.9 Å². The van der Waals surface area contributed by atoms with Gasteiger partial charge in [-0.05, 0) is 42.2 Å². The maximum atomic E-state index is 11.8. The van der Waals surface area contributed by atoms with Crippen LogP contribution in [0.2, 0.25) is 0 Å². The fourth-order valence-electron chi connectivity index (χ4n) is 2.76. The highest BCUT2D eigenvalue weighted by atomic mass is 32.2. The van der Waals surface area contributed by atoms with Crippen molar-refractivity contribution in [1.29, 1.82) is 0 Å². The van der Waals surface area contributed by atoms with Gasteiger partial charge in [0.25, 0.3) is 0 Å². The minimum Gasteiger partial charge on any atom is -0.380 e. The highest BCUT2D eigenvalue weighted by molar-refractivity contribution is 7.90. The molecular weight excluding hydrogens is 336 g/mol. The predicted octanol–water partition coefficient (Wildman–Crippen LogP) is 3.46. The molecule has 0 aliphatic rings. The first-order valence-corrected chi connectivity index (χ1v) is 9.72. The van der Waals surface area contributed by atoms with E-state index in [-0.39, 0.29) is 11.5 Å². The summed E-state index contributed by atoms with van der Waals surface area (Å²) in [6.45, 7) is 3.98. The normalized spacial score (nSPS) is 12.6. The number of aryl methyl sites for hydroxylation is 2. The Balaban J connectivity index is 2.65. The van der Waals surface area contributed by atoms with Crippen LogP contribution in [0.25, 0.3) is 11.1 Å². The van der Waals surface area contributed by atoms with Crippen LogP contribution < -0.4 is 0 Å². The lowest BCUT2D eigenvalue weighted by Gasteiger charge is -2.14. The van der Waals surface area contributed by atoms with Crippen molar-refractivity contribution in [2.24, 2.45) is 0 Å². The summed E-state index contributed by atoms with van der Waals surface area (Å²) in [6, 6.07) is 12.8. The number of methoxy groups -OCH3 is 1. The van der Waals surface area contributed by atoms with Crippen LogP contribution in [0.1, 0.15) is 22.3 Å². The quantitative estimate of drug-likeness (QED) is 0.451. The van der Waals surface area contributed by atoms with Crippen LogP contribution >= 0.6 is 0 Å². The van der Waals surface area contributed by atoms with Crippen LogP contribution in [-0.2, 0) is 19.4 Å². The minimum absolute atomic E-state index is 0.250. The van der Waals surface area contributed by atoms with E-state index < -0.39 is 9.84 Å². The summed E-state index contributed by atoms with van der Waals surface area (Å²) in [6.07, 6.45) is 2.00. The van der Waals surface area contributed by atoms with Crippen molar-refractivity contribution in [3.8, 4) is 0 Å². The molecule has 0 radical (unpaired) electrons. The molecule has 0 spiro atoms. The van der Waals surface area contributed by atoms with Gasteiger partial charge in [-0.25, -0.2) is 8.42 Å². The number of aldehydes is 1. The molecule has 0 atom stereocenters. The molecule has 0 amide bonds. The third-order valence-corrected chi connectivity index (χ3v) is 5.27. The van der Waals surface area contributed by atoms with Crippen molar-refractivity contribution < 1.29 is 17.9 Å². The molecule has 0 unspecified atom stereocenters. The van der Waals surface area contributed by atoms with Gasteiger partial charge in [-0.1, -0.05) is 42.0 Å². The molecule has 5 heteroatoms. The summed E-state index contributed by atoms with van der Waals surface area (Å²) < 4.78 is 28.9. The first-order valence-electron chi connectivity index (χ1n) is 7.83. The van der Waals surface area contributed by atoms with Gasteiger partial charge in [0.15, 0.2) is 16.1 Å². The zero-order valence-corrected chi connectivity index (χ0v) is 15.7. The second kappa shape index (κ2) is 7.76. The van der Waals surface area contributed by atoms with Gasteiger partial charge in [-0.2, -0.15) is 0 Å². The monoisotopic (exact) mass is 358 g/mol. The number of benzene rings is 2. The first kappa shape index (κ1) is 19.1. The summed E-state index contributed by atoms with van der Waals surface area (Å²) in [5.41, 5.74) is 4.59. The molecule has 25 heavy (non-hydrogen) atoms. The predicted molar refractivity (Wildman–Crippen MR) is 100 cm³/mol. The molecule has 0 aliphatic heterocycles. The molecule has 2 aromatic carbocycles. The Bertz CT molecular complexity index is 907. The lowest BCUT2D eigenvalue weighted by atomic mass is 9.94. The number of ether oxygens (including phenoxy) is 1. The van der Waals surface area contributed by atoms with Crippen molar-refractivity contribution in [3.63, 3.8) is 0 Å². The second-order valence-corrected chi connectivity index (χ2v) is 8.05. The van der Waals surface area contributed by atoms with Gasteiger partial charge in [-0.3, -0.25) is 4.79 Å².